The van der Waals surface area contributed by atoms with Crippen molar-refractivity contribution in [3.8, 4) is 5.75 Å². The van der Waals surface area contributed by atoms with Crippen LogP contribution in [0.5, 0.6) is 5.75 Å². The smallest absolute Gasteiger partial charge is 0.119 e. The molecule has 0 saturated carbocycles. The lowest BCUT2D eigenvalue weighted by Crippen LogP contribution is -2.10. The fourth-order valence-corrected chi connectivity index (χ4v) is 3.17. The molecule has 0 fully saturated rings. The molecule has 2 heteroatoms. The first-order valence-electron chi connectivity index (χ1n) is 5.24. The number of ether oxygens (including phenoxy) is 1. The minimum atomic E-state index is -0.273. The van der Waals surface area contributed by atoms with Crippen LogP contribution in [0, 0.1) is 0 Å². The summed E-state index contributed by atoms with van der Waals surface area (Å²) in [6.07, 6.45) is 0. The van der Waals surface area contributed by atoms with E-state index in [1.165, 1.54) is 10.6 Å². The molecule has 1 atom stereocenters. The summed E-state index contributed by atoms with van der Waals surface area (Å²) < 4.78 is 5.25. The highest BCUT2D eigenvalue weighted by molar-refractivity contribution is 7.72. The molecule has 0 spiro atoms. The third-order valence-electron chi connectivity index (χ3n) is 2.58. The summed E-state index contributed by atoms with van der Waals surface area (Å²) in [6.45, 7) is 2.28. The Morgan fingerprint density at radius 2 is 1.56 bits per heavy atom. The maximum atomic E-state index is 5.25. The molecule has 0 saturated heterocycles. The monoisotopic (exact) mass is 230 g/mol. The Labute approximate surface area is 97.8 Å². The molecule has 2 aromatic rings. The van der Waals surface area contributed by atoms with E-state index in [4.69, 9.17) is 4.74 Å². The van der Waals surface area contributed by atoms with Gasteiger partial charge in [-0.05, 0) is 37.3 Å². The molecule has 0 heterocycles. The molecule has 0 N–H and O–H groups in total. The average molecular weight is 230 g/mol. The van der Waals surface area contributed by atoms with Crippen molar-refractivity contribution >= 4 is 18.5 Å². The lowest BCUT2D eigenvalue weighted by Gasteiger charge is -2.13. The van der Waals surface area contributed by atoms with Crippen molar-refractivity contribution < 1.29 is 4.74 Å². The van der Waals surface area contributed by atoms with Gasteiger partial charge in [0.25, 0.3) is 0 Å². The van der Waals surface area contributed by atoms with Crippen molar-refractivity contribution in [2.75, 3.05) is 13.8 Å². The van der Waals surface area contributed by atoms with Crippen LogP contribution in [0.25, 0.3) is 0 Å². The molecule has 2 aromatic carbocycles. The van der Waals surface area contributed by atoms with E-state index in [0.29, 0.717) is 0 Å². The summed E-state index contributed by atoms with van der Waals surface area (Å²) in [5, 5.41) is 2.74. The third kappa shape index (κ3) is 2.43. The van der Waals surface area contributed by atoms with Crippen molar-refractivity contribution in [3.63, 3.8) is 0 Å². The van der Waals surface area contributed by atoms with Gasteiger partial charge in [0.05, 0.1) is 7.11 Å². The molecule has 82 valence electrons. The predicted molar refractivity (Wildman–Crippen MR) is 71.5 cm³/mol. The van der Waals surface area contributed by atoms with Gasteiger partial charge in [-0.3, -0.25) is 0 Å². The molecule has 0 aliphatic carbocycles. The lowest BCUT2D eigenvalue weighted by atomic mass is 10.3. The summed E-state index contributed by atoms with van der Waals surface area (Å²) in [7, 11) is 1.44. The topological polar surface area (TPSA) is 9.23 Å². The quantitative estimate of drug-likeness (QED) is 0.737. The van der Waals surface area contributed by atoms with Crippen LogP contribution < -0.4 is 15.3 Å². The SMILES string of the molecule is COc1cccc(P(C)c2ccccc2)c1. The molecule has 1 unspecified atom stereocenters. The maximum Gasteiger partial charge on any atom is 0.119 e. The van der Waals surface area contributed by atoms with Crippen molar-refractivity contribution in [1.82, 2.24) is 0 Å². The van der Waals surface area contributed by atoms with Crippen LogP contribution in [0.4, 0.5) is 0 Å². The van der Waals surface area contributed by atoms with E-state index in [1.54, 1.807) is 7.11 Å². The Morgan fingerprint density at radius 1 is 0.875 bits per heavy atom. The van der Waals surface area contributed by atoms with E-state index in [2.05, 4.69) is 55.2 Å². The van der Waals surface area contributed by atoms with Gasteiger partial charge in [-0.15, -0.1) is 0 Å². The highest BCUT2D eigenvalue weighted by atomic mass is 31.1. The van der Waals surface area contributed by atoms with E-state index >= 15 is 0 Å². The second-order valence-corrected chi connectivity index (χ2v) is 5.75. The first kappa shape index (κ1) is 11.2. The first-order valence-corrected chi connectivity index (χ1v) is 7.03. The minimum absolute atomic E-state index is 0.273. The number of benzene rings is 2. The highest BCUT2D eigenvalue weighted by Crippen LogP contribution is 2.29. The standard InChI is InChI=1S/C14H15OP/c1-15-12-7-6-10-14(11-12)16(2)13-8-4-3-5-9-13/h3-11H,1-2H3. The molecule has 0 aliphatic rings. The zero-order chi connectivity index (χ0) is 11.4. The Morgan fingerprint density at radius 3 is 2.25 bits per heavy atom. The molecule has 0 bridgehead atoms. The Balaban J connectivity index is 2.30. The molecule has 0 radical (unpaired) electrons. The van der Waals surface area contributed by atoms with E-state index in [-0.39, 0.29) is 7.92 Å². The zero-order valence-corrected chi connectivity index (χ0v) is 10.4. The van der Waals surface area contributed by atoms with Crippen LogP contribution in [-0.2, 0) is 0 Å². The summed E-state index contributed by atoms with van der Waals surface area (Å²) >= 11 is 0. The molecule has 16 heavy (non-hydrogen) atoms. The normalized spacial score (nSPS) is 12.1. The number of hydrogen-bond donors (Lipinski definition) is 0. The Hall–Kier alpha value is -1.33. The second-order valence-electron chi connectivity index (χ2n) is 3.60. The molecule has 0 aliphatic heterocycles. The molecule has 1 nitrogen and oxygen atoms in total. The van der Waals surface area contributed by atoms with E-state index < -0.39 is 0 Å². The Bertz CT molecular complexity index is 453. The van der Waals surface area contributed by atoms with Crippen LogP contribution in [0.2, 0.25) is 0 Å². The predicted octanol–water partition coefficient (Wildman–Crippen LogP) is 2.76. The summed E-state index contributed by atoms with van der Waals surface area (Å²) in [5.41, 5.74) is 0. The molecular weight excluding hydrogens is 215 g/mol. The lowest BCUT2D eigenvalue weighted by molar-refractivity contribution is 0.415. The number of methoxy groups -OCH3 is 1. The fraction of sp³-hybridized carbons (Fsp3) is 0.143. The van der Waals surface area contributed by atoms with Gasteiger partial charge in [0.1, 0.15) is 5.75 Å². The van der Waals surface area contributed by atoms with E-state index in [0.717, 1.165) is 5.75 Å². The van der Waals surface area contributed by atoms with Gasteiger partial charge in [0, 0.05) is 0 Å². The van der Waals surface area contributed by atoms with E-state index in [1.807, 2.05) is 6.07 Å². The van der Waals surface area contributed by atoms with Gasteiger partial charge < -0.3 is 4.74 Å². The largest absolute Gasteiger partial charge is 0.497 e. The maximum absolute atomic E-state index is 5.25. The van der Waals surface area contributed by atoms with Crippen molar-refractivity contribution in [3.05, 3.63) is 54.6 Å². The summed E-state index contributed by atoms with van der Waals surface area (Å²) in [6, 6.07) is 18.9. The highest BCUT2D eigenvalue weighted by Gasteiger charge is 2.07. The van der Waals surface area contributed by atoms with Crippen LogP contribution in [0.15, 0.2) is 54.6 Å². The van der Waals surface area contributed by atoms with Crippen LogP contribution in [-0.4, -0.2) is 13.8 Å². The molecule has 0 aromatic heterocycles. The molecule has 0 amide bonds. The van der Waals surface area contributed by atoms with Gasteiger partial charge in [0.2, 0.25) is 0 Å². The molecule has 2 rings (SSSR count). The summed E-state index contributed by atoms with van der Waals surface area (Å²) in [4.78, 5) is 0. The van der Waals surface area contributed by atoms with Crippen molar-refractivity contribution in [2.45, 2.75) is 0 Å². The minimum Gasteiger partial charge on any atom is -0.497 e. The third-order valence-corrected chi connectivity index (χ3v) is 4.71. The number of rotatable bonds is 3. The number of hydrogen-bond acceptors (Lipinski definition) is 1. The van der Waals surface area contributed by atoms with Crippen LogP contribution >= 0.6 is 7.92 Å². The van der Waals surface area contributed by atoms with Crippen LogP contribution in [0.1, 0.15) is 0 Å². The zero-order valence-electron chi connectivity index (χ0n) is 9.55. The van der Waals surface area contributed by atoms with Gasteiger partial charge >= 0.3 is 0 Å². The van der Waals surface area contributed by atoms with Crippen molar-refractivity contribution in [1.29, 1.82) is 0 Å². The van der Waals surface area contributed by atoms with Gasteiger partial charge in [-0.1, -0.05) is 42.5 Å². The summed E-state index contributed by atoms with van der Waals surface area (Å²) in [5.74, 6) is 0.933. The van der Waals surface area contributed by atoms with Crippen LogP contribution in [0.3, 0.4) is 0 Å². The average Bonchev–Trinajstić information content (AvgIpc) is 2.39. The van der Waals surface area contributed by atoms with Gasteiger partial charge in [0.15, 0.2) is 0 Å². The van der Waals surface area contributed by atoms with Gasteiger partial charge in [-0.2, -0.15) is 0 Å². The first-order chi connectivity index (χ1) is 7.81. The van der Waals surface area contributed by atoms with Crippen molar-refractivity contribution in [2.24, 2.45) is 0 Å². The second kappa shape index (κ2) is 5.14. The fourth-order valence-electron chi connectivity index (χ4n) is 1.62. The molecular formula is C14H15OP. The Kier molecular flexibility index (Phi) is 3.58. The van der Waals surface area contributed by atoms with E-state index in [9.17, 15) is 0 Å². The van der Waals surface area contributed by atoms with Gasteiger partial charge in [-0.25, -0.2) is 0 Å².